The number of carbonyl (C=O) groups excluding carboxylic acids is 2. The number of hydrogen-bond donors (Lipinski definition) is 2. The number of phenolic OH excluding ortho intramolecular Hbond substituents is 1. The number of nitrogens with one attached hydrogen (secondary N) is 1. The first-order valence-electron chi connectivity index (χ1n) is 7.42. The van der Waals surface area contributed by atoms with Crippen molar-refractivity contribution in [3.8, 4) is 5.75 Å². The molecule has 0 saturated heterocycles. The highest BCUT2D eigenvalue weighted by Gasteiger charge is 2.45. The Morgan fingerprint density at radius 2 is 1.88 bits per heavy atom. The van der Waals surface area contributed by atoms with E-state index in [9.17, 15) is 24.8 Å². The third-order valence-corrected chi connectivity index (χ3v) is 4.42. The van der Waals surface area contributed by atoms with Gasteiger partial charge in [0.15, 0.2) is 11.6 Å². The maximum atomic E-state index is 12.3. The van der Waals surface area contributed by atoms with Gasteiger partial charge in [0, 0.05) is 17.3 Å². The molecule has 1 fully saturated rings. The first-order chi connectivity index (χ1) is 11.9. The monoisotopic (exact) mass is 360 g/mol. The van der Waals surface area contributed by atoms with Crippen molar-refractivity contribution < 1.29 is 19.6 Å². The van der Waals surface area contributed by atoms with E-state index in [2.05, 4.69) is 5.32 Å². The first kappa shape index (κ1) is 16.9. The van der Waals surface area contributed by atoms with Gasteiger partial charge in [0.1, 0.15) is 5.75 Å². The van der Waals surface area contributed by atoms with Crippen molar-refractivity contribution in [2.45, 2.75) is 18.4 Å². The Balaban J connectivity index is 1.99. The van der Waals surface area contributed by atoms with Gasteiger partial charge in [0.2, 0.25) is 0 Å². The SMILES string of the molecule is O=C1CC(=O)C(c2ccccc2[N+](=O)[O-])C1Nc1ccc(O)c(Cl)c1. The fourth-order valence-corrected chi connectivity index (χ4v) is 3.15. The number of Topliss-reactive ketones (excluding diaryl/α,β-unsaturated/α-hetero) is 2. The number of halogens is 1. The second kappa shape index (κ2) is 6.52. The van der Waals surface area contributed by atoms with E-state index in [1.807, 2.05) is 0 Å². The van der Waals surface area contributed by atoms with E-state index in [1.165, 1.54) is 36.4 Å². The molecule has 2 aromatic rings. The molecule has 1 aliphatic rings. The van der Waals surface area contributed by atoms with E-state index in [-0.39, 0.29) is 40.0 Å². The van der Waals surface area contributed by atoms with Crippen molar-refractivity contribution in [3.05, 3.63) is 63.2 Å². The standard InChI is InChI=1S/C17H13ClN2O5/c18-11-7-9(5-6-13(11)21)19-17-15(23)8-14(22)16(17)10-3-1-2-4-12(10)20(24)25/h1-7,16-17,19,21H,8H2. The molecule has 0 radical (unpaired) electrons. The lowest BCUT2D eigenvalue weighted by atomic mass is 9.91. The van der Waals surface area contributed by atoms with Crippen molar-refractivity contribution in [1.82, 2.24) is 0 Å². The van der Waals surface area contributed by atoms with Gasteiger partial charge in [0.05, 0.1) is 28.3 Å². The Labute approximate surface area is 147 Å². The summed E-state index contributed by atoms with van der Waals surface area (Å²) in [5.41, 5.74) is 0.427. The summed E-state index contributed by atoms with van der Waals surface area (Å²) in [6, 6.07) is 9.23. The van der Waals surface area contributed by atoms with E-state index in [4.69, 9.17) is 11.6 Å². The molecule has 128 valence electrons. The molecular formula is C17H13ClN2O5. The molecule has 2 atom stereocenters. The predicted molar refractivity (Wildman–Crippen MR) is 91.0 cm³/mol. The molecular weight excluding hydrogens is 348 g/mol. The number of nitro groups is 1. The molecule has 2 aromatic carbocycles. The lowest BCUT2D eigenvalue weighted by Gasteiger charge is -2.20. The number of carbonyl (C=O) groups is 2. The minimum atomic E-state index is -0.957. The molecule has 2 N–H and O–H groups in total. The highest BCUT2D eigenvalue weighted by atomic mass is 35.5. The second-order valence-electron chi connectivity index (χ2n) is 5.69. The highest BCUT2D eigenvalue weighted by Crippen LogP contribution is 2.37. The molecule has 0 bridgehead atoms. The molecule has 3 rings (SSSR count). The normalized spacial score (nSPS) is 19.9. The minimum absolute atomic E-state index is 0.0871. The fraction of sp³-hybridized carbons (Fsp3) is 0.176. The number of nitro benzene ring substituents is 1. The van der Waals surface area contributed by atoms with Crippen LogP contribution in [0, 0.1) is 10.1 Å². The Morgan fingerprint density at radius 3 is 2.56 bits per heavy atom. The zero-order valence-corrected chi connectivity index (χ0v) is 13.6. The van der Waals surface area contributed by atoms with Crippen LogP contribution in [0.3, 0.4) is 0 Å². The van der Waals surface area contributed by atoms with Gasteiger partial charge in [-0.3, -0.25) is 19.7 Å². The zero-order chi connectivity index (χ0) is 18.1. The van der Waals surface area contributed by atoms with Crippen LogP contribution in [0.2, 0.25) is 5.02 Å². The van der Waals surface area contributed by atoms with Crippen molar-refractivity contribution in [2.24, 2.45) is 0 Å². The topological polar surface area (TPSA) is 110 Å². The van der Waals surface area contributed by atoms with Gasteiger partial charge in [-0.1, -0.05) is 29.8 Å². The number of nitrogens with zero attached hydrogens (tertiary/aromatic N) is 1. The number of aromatic hydroxyl groups is 1. The molecule has 8 heteroatoms. The Hall–Kier alpha value is -2.93. The van der Waals surface area contributed by atoms with Crippen molar-refractivity contribution in [3.63, 3.8) is 0 Å². The Bertz CT molecular complexity index is 883. The predicted octanol–water partition coefficient (Wildman–Crippen LogP) is 3.06. The van der Waals surface area contributed by atoms with Gasteiger partial charge in [-0.15, -0.1) is 0 Å². The highest BCUT2D eigenvalue weighted by molar-refractivity contribution is 6.32. The summed E-state index contributed by atoms with van der Waals surface area (Å²) in [7, 11) is 0. The lowest BCUT2D eigenvalue weighted by molar-refractivity contribution is -0.385. The number of benzene rings is 2. The Kier molecular flexibility index (Phi) is 4.41. The van der Waals surface area contributed by atoms with E-state index >= 15 is 0 Å². The third-order valence-electron chi connectivity index (χ3n) is 4.11. The second-order valence-corrected chi connectivity index (χ2v) is 6.10. The molecule has 1 saturated carbocycles. The zero-order valence-electron chi connectivity index (χ0n) is 12.8. The van der Waals surface area contributed by atoms with E-state index < -0.39 is 16.9 Å². The van der Waals surface area contributed by atoms with Gasteiger partial charge < -0.3 is 10.4 Å². The van der Waals surface area contributed by atoms with Crippen LogP contribution in [0.15, 0.2) is 42.5 Å². The summed E-state index contributed by atoms with van der Waals surface area (Å²) >= 11 is 5.85. The average Bonchev–Trinajstić information content (AvgIpc) is 2.84. The van der Waals surface area contributed by atoms with Crippen LogP contribution in [0.5, 0.6) is 5.75 Å². The summed E-state index contributed by atoms with van der Waals surface area (Å²) in [5.74, 6) is -1.79. The lowest BCUT2D eigenvalue weighted by Crippen LogP contribution is -2.31. The average molecular weight is 361 g/mol. The summed E-state index contributed by atoms with van der Waals surface area (Å²) in [4.78, 5) is 35.3. The van der Waals surface area contributed by atoms with Crippen molar-refractivity contribution in [2.75, 3.05) is 5.32 Å². The molecule has 1 aliphatic carbocycles. The summed E-state index contributed by atoms with van der Waals surface area (Å²) in [5, 5.41) is 23.7. The van der Waals surface area contributed by atoms with Crippen molar-refractivity contribution >= 4 is 34.5 Å². The van der Waals surface area contributed by atoms with Crippen molar-refractivity contribution in [1.29, 1.82) is 0 Å². The summed E-state index contributed by atoms with van der Waals surface area (Å²) < 4.78 is 0. The molecule has 0 amide bonds. The van der Waals surface area contributed by atoms with Gasteiger partial charge >= 0.3 is 0 Å². The molecule has 0 aliphatic heterocycles. The number of phenols is 1. The minimum Gasteiger partial charge on any atom is -0.506 e. The van der Waals surface area contributed by atoms with Crippen LogP contribution in [-0.4, -0.2) is 27.6 Å². The maximum Gasteiger partial charge on any atom is 0.273 e. The fourth-order valence-electron chi connectivity index (χ4n) is 2.97. The third kappa shape index (κ3) is 3.18. The number of hydrogen-bond acceptors (Lipinski definition) is 6. The first-order valence-corrected chi connectivity index (χ1v) is 7.80. The summed E-state index contributed by atoms with van der Waals surface area (Å²) in [6.07, 6.45) is -0.291. The molecule has 7 nitrogen and oxygen atoms in total. The van der Waals surface area contributed by atoms with Gasteiger partial charge in [-0.05, 0) is 18.2 Å². The number of ketones is 2. The molecule has 25 heavy (non-hydrogen) atoms. The van der Waals surface area contributed by atoms with Crippen LogP contribution >= 0.6 is 11.6 Å². The van der Waals surface area contributed by atoms with Crippen LogP contribution in [0.25, 0.3) is 0 Å². The number of anilines is 1. The van der Waals surface area contributed by atoms with Crippen LogP contribution in [0.1, 0.15) is 17.9 Å². The van der Waals surface area contributed by atoms with Crippen LogP contribution < -0.4 is 5.32 Å². The van der Waals surface area contributed by atoms with Gasteiger partial charge in [0.25, 0.3) is 5.69 Å². The summed E-state index contributed by atoms with van der Waals surface area (Å²) in [6.45, 7) is 0. The van der Waals surface area contributed by atoms with E-state index in [1.54, 1.807) is 6.07 Å². The smallest absolute Gasteiger partial charge is 0.273 e. The van der Waals surface area contributed by atoms with Gasteiger partial charge in [-0.25, -0.2) is 0 Å². The molecule has 2 unspecified atom stereocenters. The van der Waals surface area contributed by atoms with Crippen LogP contribution in [-0.2, 0) is 9.59 Å². The molecule has 0 heterocycles. The van der Waals surface area contributed by atoms with E-state index in [0.29, 0.717) is 5.69 Å². The molecule has 0 aromatic heterocycles. The van der Waals surface area contributed by atoms with Crippen LogP contribution in [0.4, 0.5) is 11.4 Å². The largest absolute Gasteiger partial charge is 0.506 e. The molecule has 0 spiro atoms. The Morgan fingerprint density at radius 1 is 1.16 bits per heavy atom. The van der Waals surface area contributed by atoms with E-state index in [0.717, 1.165) is 0 Å². The number of rotatable bonds is 4. The quantitative estimate of drug-likeness (QED) is 0.375. The number of para-hydroxylation sites is 1. The maximum absolute atomic E-state index is 12.3. The van der Waals surface area contributed by atoms with Gasteiger partial charge in [-0.2, -0.15) is 0 Å².